The van der Waals surface area contributed by atoms with Crippen molar-refractivity contribution >= 4 is 12.3 Å². The minimum atomic E-state index is 0.907. The van der Waals surface area contributed by atoms with Gasteiger partial charge in [-0.15, -0.1) is 0 Å². The molecule has 1 aromatic heterocycles. The Morgan fingerprint density at radius 3 is 3.40 bits per heavy atom. The summed E-state index contributed by atoms with van der Waals surface area (Å²) in [5, 5.41) is 1.00. The number of aromatic nitrogens is 2. The highest BCUT2D eigenvalue weighted by molar-refractivity contribution is 5.64. The van der Waals surface area contributed by atoms with Crippen molar-refractivity contribution in [1.29, 1.82) is 0 Å². The standard InChI is InChI=1S/C7H8N3/c1-10-5-9-6-3-2-4-8-7(6)10/h3-5H,2H2,1H3/q+1. The van der Waals surface area contributed by atoms with Crippen LogP contribution in [0.25, 0.3) is 6.08 Å². The molecule has 3 nitrogen and oxygen atoms in total. The molecule has 1 aliphatic heterocycles. The number of imidazole rings is 1. The van der Waals surface area contributed by atoms with Crippen molar-refractivity contribution in [3.05, 3.63) is 17.2 Å². The van der Waals surface area contributed by atoms with E-state index in [2.05, 4.69) is 15.7 Å². The highest BCUT2D eigenvalue weighted by atomic mass is 15.0. The van der Waals surface area contributed by atoms with Crippen LogP contribution in [0.15, 0.2) is 6.33 Å². The molecule has 0 saturated heterocycles. The zero-order valence-electron chi connectivity index (χ0n) is 5.78. The molecule has 2 heterocycles. The minimum Gasteiger partial charge on any atom is -0.214 e. The fourth-order valence-electron chi connectivity index (χ4n) is 1.05. The van der Waals surface area contributed by atoms with Crippen molar-refractivity contribution in [1.82, 2.24) is 14.2 Å². The number of hydrogen-bond acceptors (Lipinski definition) is 1. The van der Waals surface area contributed by atoms with E-state index in [0.717, 1.165) is 17.3 Å². The third kappa shape index (κ3) is 0.613. The molecule has 0 radical (unpaired) electrons. The molecule has 50 valence electrons. The lowest BCUT2D eigenvalue weighted by Crippen LogP contribution is -2.33. The van der Waals surface area contributed by atoms with Gasteiger partial charge in [0.25, 0.3) is 0 Å². The third-order valence-electron chi connectivity index (χ3n) is 1.56. The first kappa shape index (κ1) is 5.45. The van der Waals surface area contributed by atoms with Crippen LogP contribution < -0.4 is 15.5 Å². The monoisotopic (exact) mass is 134 g/mol. The van der Waals surface area contributed by atoms with Gasteiger partial charge in [0, 0.05) is 6.42 Å². The van der Waals surface area contributed by atoms with Crippen LogP contribution >= 0.6 is 0 Å². The van der Waals surface area contributed by atoms with E-state index in [1.54, 1.807) is 6.33 Å². The zero-order chi connectivity index (χ0) is 6.97. The molecule has 0 aromatic carbocycles. The predicted octanol–water partition coefficient (Wildman–Crippen LogP) is -1.64. The second-order valence-corrected chi connectivity index (χ2v) is 2.32. The number of nitrogens with zero attached hydrogens (tertiary/aromatic N) is 3. The van der Waals surface area contributed by atoms with E-state index < -0.39 is 0 Å². The summed E-state index contributed by atoms with van der Waals surface area (Å²) in [7, 11) is 1.95. The van der Waals surface area contributed by atoms with Gasteiger partial charge < -0.3 is 0 Å². The molecule has 3 heteroatoms. The summed E-state index contributed by atoms with van der Waals surface area (Å²) in [5.41, 5.74) is 0.964. The molecule has 2 rings (SSSR count). The predicted molar refractivity (Wildman–Crippen MR) is 38.8 cm³/mol. The Labute approximate surface area is 58.1 Å². The van der Waals surface area contributed by atoms with Crippen LogP contribution in [0, 0.1) is 0 Å². The van der Waals surface area contributed by atoms with E-state index >= 15 is 0 Å². The average Bonchev–Trinajstić information content (AvgIpc) is 2.34. The van der Waals surface area contributed by atoms with Gasteiger partial charge in [0.1, 0.15) is 0 Å². The van der Waals surface area contributed by atoms with Gasteiger partial charge in [0.15, 0.2) is 17.9 Å². The summed E-state index contributed by atoms with van der Waals surface area (Å²) in [6.45, 7) is 0. The fourth-order valence-corrected chi connectivity index (χ4v) is 1.05. The third-order valence-corrected chi connectivity index (χ3v) is 1.56. The van der Waals surface area contributed by atoms with Crippen LogP contribution in [-0.4, -0.2) is 15.8 Å². The van der Waals surface area contributed by atoms with Crippen molar-refractivity contribution < 1.29 is 0 Å². The second kappa shape index (κ2) is 1.82. The van der Waals surface area contributed by atoms with E-state index in [-0.39, 0.29) is 0 Å². The topological polar surface area (TPSA) is 31.9 Å². The maximum absolute atomic E-state index is 4.20. The van der Waals surface area contributed by atoms with Gasteiger partial charge in [0.2, 0.25) is 0 Å². The van der Waals surface area contributed by atoms with Crippen molar-refractivity contribution in [2.75, 3.05) is 0 Å². The Kier molecular flexibility index (Phi) is 0.992. The quantitative estimate of drug-likeness (QED) is 0.392. The molecule has 0 bridgehead atoms. The molecule has 1 aliphatic rings. The second-order valence-electron chi connectivity index (χ2n) is 2.32. The van der Waals surface area contributed by atoms with Crippen LogP contribution in [0.1, 0.15) is 6.42 Å². The van der Waals surface area contributed by atoms with Crippen LogP contribution in [0.5, 0.6) is 0 Å². The highest BCUT2D eigenvalue weighted by Crippen LogP contribution is 1.72. The Bertz CT molecular complexity index is 393. The highest BCUT2D eigenvalue weighted by Gasteiger charge is 2.04. The molecule has 0 unspecified atom stereocenters. The minimum absolute atomic E-state index is 0.907. The maximum Gasteiger partial charge on any atom is 0.400 e. The SMILES string of the molecule is Cn1cnc2c1=[N+]=CCC=2. The van der Waals surface area contributed by atoms with Crippen LogP contribution in [0.3, 0.4) is 0 Å². The molecular formula is C7H8N3+. The summed E-state index contributed by atoms with van der Waals surface area (Å²) in [4.78, 5) is 4.15. The molecule has 0 aliphatic carbocycles. The van der Waals surface area contributed by atoms with Crippen molar-refractivity contribution in [3.63, 3.8) is 0 Å². The molecule has 1 aromatic rings. The van der Waals surface area contributed by atoms with Crippen LogP contribution in [0.2, 0.25) is 0 Å². The molecule has 0 spiro atoms. The molecule has 10 heavy (non-hydrogen) atoms. The fraction of sp³-hybridized carbons (Fsp3) is 0.286. The summed E-state index contributed by atoms with van der Waals surface area (Å²) in [6, 6.07) is 0. The van der Waals surface area contributed by atoms with Crippen LogP contribution in [-0.2, 0) is 7.05 Å². The van der Waals surface area contributed by atoms with E-state index in [1.165, 1.54) is 0 Å². The van der Waals surface area contributed by atoms with Gasteiger partial charge in [0.05, 0.1) is 7.05 Å². The Morgan fingerprint density at radius 2 is 2.60 bits per heavy atom. The number of fused-ring (bicyclic) bond motifs is 1. The van der Waals surface area contributed by atoms with Gasteiger partial charge in [-0.2, -0.15) is 0 Å². The smallest absolute Gasteiger partial charge is 0.214 e. The van der Waals surface area contributed by atoms with Crippen molar-refractivity contribution in [3.8, 4) is 0 Å². The Morgan fingerprint density at radius 1 is 1.70 bits per heavy atom. The summed E-state index contributed by atoms with van der Waals surface area (Å²) >= 11 is 0. The lowest BCUT2D eigenvalue weighted by molar-refractivity contribution is 0.847. The molecule has 0 atom stereocenters. The molecule has 0 saturated carbocycles. The largest absolute Gasteiger partial charge is 0.400 e. The summed E-state index contributed by atoms with van der Waals surface area (Å²) < 4.78 is 6.11. The molecule has 0 amide bonds. The summed E-state index contributed by atoms with van der Waals surface area (Å²) in [6.07, 6.45) is 6.65. The maximum atomic E-state index is 4.20. The molecule has 0 fully saturated rings. The van der Waals surface area contributed by atoms with Crippen LogP contribution in [0.4, 0.5) is 0 Å². The molecular weight excluding hydrogens is 126 g/mol. The van der Waals surface area contributed by atoms with Crippen molar-refractivity contribution in [2.24, 2.45) is 7.05 Å². The zero-order valence-corrected chi connectivity index (χ0v) is 5.78. The van der Waals surface area contributed by atoms with E-state index in [9.17, 15) is 0 Å². The van der Waals surface area contributed by atoms with E-state index in [0.29, 0.717) is 0 Å². The molecule has 0 N–H and O–H groups in total. The lowest BCUT2D eigenvalue weighted by atomic mass is 10.4. The van der Waals surface area contributed by atoms with Gasteiger partial charge in [-0.05, 0) is 6.08 Å². The first-order chi connectivity index (χ1) is 4.88. The first-order valence-electron chi connectivity index (χ1n) is 3.25. The van der Waals surface area contributed by atoms with Crippen molar-refractivity contribution in [2.45, 2.75) is 6.42 Å². The first-order valence-corrected chi connectivity index (χ1v) is 3.25. The number of hydrogen-bond donors (Lipinski definition) is 0. The van der Waals surface area contributed by atoms with Gasteiger partial charge in [-0.3, -0.25) is 0 Å². The van der Waals surface area contributed by atoms with Gasteiger partial charge in [-0.25, -0.2) is 14.2 Å². The Hall–Kier alpha value is -1.34. The van der Waals surface area contributed by atoms with Gasteiger partial charge >= 0.3 is 5.49 Å². The van der Waals surface area contributed by atoms with Gasteiger partial charge in [-0.1, -0.05) is 0 Å². The lowest BCUT2D eigenvalue weighted by Gasteiger charge is -1.76. The average molecular weight is 134 g/mol. The normalized spacial score (nSPS) is 13.7. The number of rotatable bonds is 0. The van der Waals surface area contributed by atoms with E-state index in [4.69, 9.17) is 0 Å². The number of aryl methyl sites for hydroxylation is 1. The Balaban J connectivity index is 3.06. The summed E-state index contributed by atoms with van der Waals surface area (Å²) in [5.74, 6) is 0. The van der Waals surface area contributed by atoms with E-state index in [1.807, 2.05) is 17.8 Å².